The molecule has 1 fully saturated rings. The van der Waals surface area contributed by atoms with Crippen LogP contribution in [0.15, 0.2) is 12.3 Å². The summed E-state index contributed by atoms with van der Waals surface area (Å²) in [7, 11) is 2.91. The summed E-state index contributed by atoms with van der Waals surface area (Å²) in [6.07, 6.45) is 5.49. The van der Waals surface area contributed by atoms with Crippen molar-refractivity contribution in [3.8, 4) is 5.75 Å². The summed E-state index contributed by atoms with van der Waals surface area (Å²) in [5.41, 5.74) is 3.66. The van der Waals surface area contributed by atoms with Crippen molar-refractivity contribution in [2.24, 2.45) is 0 Å². The van der Waals surface area contributed by atoms with E-state index in [1.54, 1.807) is 11.8 Å². The average Bonchev–Trinajstić information content (AvgIpc) is 3.27. The summed E-state index contributed by atoms with van der Waals surface area (Å²) in [6.45, 7) is 6.56. The maximum Gasteiger partial charge on any atom is 0.413 e. The number of fused-ring (bicyclic) bond motifs is 1. The van der Waals surface area contributed by atoms with E-state index in [0.29, 0.717) is 59.5 Å². The standard InChI is InChI=1S/C27H40N8O5/c1-5-6-20(7-10-36)30-25-24-23(31-26(32-25)33-27(37)39-4)17(2)34-35(24)16-21-22(38-3)13-18(15-29-21)14-28-19-8-11-40-12-9-19/h13,15,19-20,28,36H,5-12,14,16H2,1-4H3,(H2,30,31,32,33,37)/t20-/m0/s1. The van der Waals surface area contributed by atoms with Crippen molar-refractivity contribution >= 4 is 28.9 Å². The van der Waals surface area contributed by atoms with Gasteiger partial charge in [-0.05, 0) is 44.2 Å². The van der Waals surface area contributed by atoms with Crippen molar-refractivity contribution in [3.05, 3.63) is 29.2 Å². The third-order valence-corrected chi connectivity index (χ3v) is 6.93. The minimum atomic E-state index is -0.670. The fourth-order valence-electron chi connectivity index (χ4n) is 4.84. The smallest absolute Gasteiger partial charge is 0.413 e. The first-order valence-electron chi connectivity index (χ1n) is 13.8. The summed E-state index contributed by atoms with van der Waals surface area (Å²) in [4.78, 5) is 25.8. The number of aliphatic hydroxyl groups excluding tert-OH is 1. The number of ether oxygens (including phenoxy) is 3. The van der Waals surface area contributed by atoms with Crippen LogP contribution in [0.4, 0.5) is 16.6 Å². The minimum absolute atomic E-state index is 0.0297. The first-order valence-corrected chi connectivity index (χ1v) is 13.8. The molecular formula is C27H40N8O5. The number of aromatic nitrogens is 5. The maximum absolute atomic E-state index is 11.9. The number of carbonyl (C=O) groups is 1. The number of methoxy groups -OCH3 is 2. The lowest BCUT2D eigenvalue weighted by Crippen LogP contribution is -2.34. The van der Waals surface area contributed by atoms with Crippen molar-refractivity contribution < 1.29 is 24.1 Å². The van der Waals surface area contributed by atoms with Crippen LogP contribution in [0.25, 0.3) is 11.0 Å². The molecule has 4 rings (SSSR count). The molecule has 3 aromatic heterocycles. The van der Waals surface area contributed by atoms with E-state index in [1.165, 1.54) is 7.11 Å². The molecule has 1 atom stereocenters. The molecule has 3 aromatic rings. The zero-order chi connectivity index (χ0) is 28.5. The largest absolute Gasteiger partial charge is 0.495 e. The SMILES string of the molecule is CCC[C@@H](CCO)Nc1nc(NC(=O)OC)nc2c(C)nn(Cc3ncc(CNC4CCOCC4)cc3OC)c12. The molecule has 4 heterocycles. The lowest BCUT2D eigenvalue weighted by atomic mass is 10.1. The van der Waals surface area contributed by atoms with Crippen LogP contribution in [0.2, 0.25) is 0 Å². The Labute approximate surface area is 234 Å². The fraction of sp³-hybridized carbons (Fsp3) is 0.593. The Kier molecular flexibility index (Phi) is 10.4. The van der Waals surface area contributed by atoms with E-state index in [0.717, 1.165) is 44.5 Å². The van der Waals surface area contributed by atoms with Crippen LogP contribution in [0.3, 0.4) is 0 Å². The normalized spacial score (nSPS) is 14.7. The lowest BCUT2D eigenvalue weighted by molar-refractivity contribution is 0.0776. The summed E-state index contributed by atoms with van der Waals surface area (Å²) >= 11 is 0. The van der Waals surface area contributed by atoms with E-state index in [9.17, 15) is 9.90 Å². The highest BCUT2D eigenvalue weighted by Crippen LogP contribution is 2.28. The van der Waals surface area contributed by atoms with Gasteiger partial charge in [0.05, 0.1) is 26.5 Å². The van der Waals surface area contributed by atoms with Gasteiger partial charge in [-0.1, -0.05) is 13.3 Å². The van der Waals surface area contributed by atoms with Gasteiger partial charge in [0.25, 0.3) is 0 Å². The number of anilines is 2. The Bertz CT molecular complexity index is 1270. The summed E-state index contributed by atoms with van der Waals surface area (Å²) in [6, 6.07) is 2.40. The second-order valence-electron chi connectivity index (χ2n) is 9.85. The Balaban J connectivity index is 1.65. The van der Waals surface area contributed by atoms with E-state index in [4.69, 9.17) is 24.3 Å². The Morgan fingerprint density at radius 3 is 2.75 bits per heavy atom. The second kappa shape index (κ2) is 14.2. The molecule has 1 aliphatic heterocycles. The quantitative estimate of drug-likeness (QED) is 0.245. The second-order valence-corrected chi connectivity index (χ2v) is 9.85. The molecule has 0 aromatic carbocycles. The van der Waals surface area contributed by atoms with Crippen LogP contribution >= 0.6 is 0 Å². The highest BCUT2D eigenvalue weighted by molar-refractivity contribution is 5.91. The molecule has 13 heteroatoms. The van der Waals surface area contributed by atoms with Gasteiger partial charge in [0.15, 0.2) is 5.82 Å². The zero-order valence-electron chi connectivity index (χ0n) is 23.7. The van der Waals surface area contributed by atoms with Crippen LogP contribution in [0.5, 0.6) is 5.75 Å². The summed E-state index contributed by atoms with van der Waals surface area (Å²) in [5.74, 6) is 1.26. The molecule has 0 radical (unpaired) electrons. The van der Waals surface area contributed by atoms with Crippen molar-refractivity contribution in [2.45, 2.75) is 71.1 Å². The third-order valence-electron chi connectivity index (χ3n) is 6.93. The van der Waals surface area contributed by atoms with Gasteiger partial charge < -0.3 is 30.0 Å². The number of nitrogens with one attached hydrogen (secondary N) is 3. The topological polar surface area (TPSA) is 158 Å². The molecule has 13 nitrogen and oxygen atoms in total. The van der Waals surface area contributed by atoms with Crippen LogP contribution < -0.4 is 20.7 Å². The van der Waals surface area contributed by atoms with Crippen LogP contribution in [0.1, 0.15) is 56.0 Å². The van der Waals surface area contributed by atoms with Gasteiger partial charge >= 0.3 is 6.09 Å². The van der Waals surface area contributed by atoms with Crippen molar-refractivity contribution in [3.63, 3.8) is 0 Å². The van der Waals surface area contributed by atoms with Gasteiger partial charge in [-0.25, -0.2) is 9.78 Å². The van der Waals surface area contributed by atoms with Gasteiger partial charge in [0.2, 0.25) is 5.95 Å². The average molecular weight is 557 g/mol. The van der Waals surface area contributed by atoms with E-state index in [2.05, 4.69) is 32.8 Å². The minimum Gasteiger partial charge on any atom is -0.495 e. The van der Waals surface area contributed by atoms with Gasteiger partial charge in [-0.3, -0.25) is 15.0 Å². The third kappa shape index (κ3) is 7.34. The highest BCUT2D eigenvalue weighted by atomic mass is 16.5. The predicted octanol–water partition coefficient (Wildman–Crippen LogP) is 3.00. The van der Waals surface area contributed by atoms with Crippen LogP contribution in [-0.4, -0.2) is 82.1 Å². The monoisotopic (exact) mass is 556 g/mol. The van der Waals surface area contributed by atoms with E-state index in [-0.39, 0.29) is 18.6 Å². The number of pyridine rings is 1. The number of hydrogen-bond acceptors (Lipinski definition) is 11. The molecule has 0 spiro atoms. The fourth-order valence-corrected chi connectivity index (χ4v) is 4.84. The molecule has 0 aliphatic carbocycles. The molecule has 0 saturated carbocycles. The van der Waals surface area contributed by atoms with Gasteiger partial charge in [-0.15, -0.1) is 0 Å². The van der Waals surface area contributed by atoms with Gasteiger partial charge in [0.1, 0.15) is 22.5 Å². The Hall–Kier alpha value is -3.55. The molecule has 1 aliphatic rings. The number of amides is 1. The number of rotatable bonds is 13. The Morgan fingerprint density at radius 1 is 1.25 bits per heavy atom. The van der Waals surface area contributed by atoms with Crippen molar-refractivity contribution in [1.29, 1.82) is 0 Å². The number of carbonyl (C=O) groups excluding carboxylic acids is 1. The molecule has 0 bridgehead atoms. The van der Waals surface area contributed by atoms with Crippen LogP contribution in [0, 0.1) is 6.92 Å². The number of nitrogens with zero attached hydrogens (tertiary/aromatic N) is 5. The number of aliphatic hydroxyl groups is 1. The van der Waals surface area contributed by atoms with Gasteiger partial charge in [-0.2, -0.15) is 10.1 Å². The van der Waals surface area contributed by atoms with Gasteiger partial charge in [0, 0.05) is 44.6 Å². The first-order chi connectivity index (χ1) is 19.4. The molecule has 40 heavy (non-hydrogen) atoms. The van der Waals surface area contributed by atoms with Crippen LogP contribution in [-0.2, 0) is 22.6 Å². The zero-order valence-corrected chi connectivity index (χ0v) is 23.7. The predicted molar refractivity (Wildman–Crippen MR) is 151 cm³/mol. The Morgan fingerprint density at radius 2 is 2.05 bits per heavy atom. The number of aryl methyl sites for hydroxylation is 1. The van der Waals surface area contributed by atoms with E-state index < -0.39 is 6.09 Å². The van der Waals surface area contributed by atoms with Crippen molar-refractivity contribution in [1.82, 2.24) is 30.0 Å². The van der Waals surface area contributed by atoms with E-state index >= 15 is 0 Å². The van der Waals surface area contributed by atoms with Crippen molar-refractivity contribution in [2.75, 3.05) is 44.7 Å². The maximum atomic E-state index is 11.9. The van der Waals surface area contributed by atoms with E-state index in [1.807, 2.05) is 19.2 Å². The molecular weight excluding hydrogens is 516 g/mol. The lowest BCUT2D eigenvalue weighted by Gasteiger charge is -2.23. The molecule has 4 N–H and O–H groups in total. The molecule has 1 amide bonds. The highest BCUT2D eigenvalue weighted by Gasteiger charge is 2.22. The first kappa shape index (κ1) is 29.4. The number of hydrogen-bond donors (Lipinski definition) is 4. The summed E-state index contributed by atoms with van der Waals surface area (Å²) < 4.78 is 17.7. The molecule has 218 valence electrons. The summed E-state index contributed by atoms with van der Waals surface area (Å²) in [5, 5.41) is 23.9. The molecule has 0 unspecified atom stereocenters. The molecule has 1 saturated heterocycles.